The van der Waals surface area contributed by atoms with Crippen LogP contribution in [-0.2, 0) is 4.74 Å². The molecule has 1 aliphatic heterocycles. The Labute approximate surface area is 111 Å². The molecule has 1 aliphatic rings. The highest BCUT2D eigenvalue weighted by Gasteiger charge is 2.29. The normalized spacial score (nSPS) is 24.1. The van der Waals surface area contributed by atoms with Crippen molar-refractivity contribution in [1.82, 2.24) is 4.90 Å². The monoisotopic (exact) mass is 267 g/mol. The lowest BCUT2D eigenvalue weighted by Gasteiger charge is -2.36. The second kappa shape index (κ2) is 5.20. The van der Waals surface area contributed by atoms with Gasteiger partial charge < -0.3 is 9.64 Å². The third-order valence-electron chi connectivity index (χ3n) is 3.03. The summed E-state index contributed by atoms with van der Waals surface area (Å²) < 4.78 is 5.51. The molecule has 0 N–H and O–H groups in total. The molecule has 18 heavy (non-hydrogen) atoms. The summed E-state index contributed by atoms with van der Waals surface area (Å²) in [6.45, 7) is 6.62. The lowest BCUT2D eigenvalue weighted by Crippen LogP contribution is -2.50. The Bertz CT molecular complexity index is 469. The van der Waals surface area contributed by atoms with Crippen LogP contribution in [0.5, 0.6) is 0 Å². The summed E-state index contributed by atoms with van der Waals surface area (Å²) in [5.74, 6) is -0.00223. The Morgan fingerprint density at radius 1 is 1.33 bits per heavy atom. The molecule has 1 saturated heterocycles. The second-order valence-electron chi connectivity index (χ2n) is 4.67. The molecular formula is C13H17NO3S. The zero-order valence-corrected chi connectivity index (χ0v) is 11.6. The summed E-state index contributed by atoms with van der Waals surface area (Å²) in [4.78, 5) is 26.7. The minimum absolute atomic E-state index is 0.00226. The maximum atomic E-state index is 12.4. The number of morpholine rings is 1. The fraction of sp³-hybridized carbons (Fsp3) is 0.538. The van der Waals surface area contributed by atoms with E-state index in [0.29, 0.717) is 22.9 Å². The maximum Gasteiger partial charge on any atom is 0.264 e. The number of nitrogens with zero attached hydrogens (tertiary/aromatic N) is 1. The number of thiophene rings is 1. The average molecular weight is 267 g/mol. The average Bonchev–Trinajstić information content (AvgIpc) is 2.81. The van der Waals surface area contributed by atoms with E-state index in [1.165, 1.54) is 18.3 Å². The topological polar surface area (TPSA) is 46.6 Å². The Kier molecular flexibility index (Phi) is 3.82. The van der Waals surface area contributed by atoms with Crippen LogP contribution < -0.4 is 0 Å². The van der Waals surface area contributed by atoms with Gasteiger partial charge in [-0.3, -0.25) is 9.59 Å². The first-order chi connectivity index (χ1) is 8.49. The van der Waals surface area contributed by atoms with E-state index in [1.807, 2.05) is 18.7 Å². The zero-order valence-electron chi connectivity index (χ0n) is 10.8. The number of ether oxygens (including phenoxy) is 1. The van der Waals surface area contributed by atoms with Crippen molar-refractivity contribution < 1.29 is 14.3 Å². The molecule has 98 valence electrons. The van der Waals surface area contributed by atoms with E-state index in [1.54, 1.807) is 12.1 Å². The van der Waals surface area contributed by atoms with Crippen LogP contribution >= 0.6 is 11.3 Å². The van der Waals surface area contributed by atoms with Crippen molar-refractivity contribution in [2.45, 2.75) is 32.9 Å². The minimum atomic E-state index is -0.00449. The molecule has 1 aromatic heterocycles. The third kappa shape index (κ3) is 2.62. The van der Waals surface area contributed by atoms with Gasteiger partial charge in [0.25, 0.3) is 5.91 Å². The van der Waals surface area contributed by atoms with Gasteiger partial charge in [0.1, 0.15) is 0 Å². The summed E-state index contributed by atoms with van der Waals surface area (Å²) >= 11 is 1.26. The molecule has 1 fully saturated rings. The SMILES string of the molecule is CC(=O)c1ccc(C(=O)N2C[C@H](C)OC[C@H]2C)s1. The number of carbonyl (C=O) groups is 2. The fourth-order valence-corrected chi connectivity index (χ4v) is 2.83. The summed E-state index contributed by atoms with van der Waals surface area (Å²) in [5.41, 5.74) is 0. The Morgan fingerprint density at radius 3 is 2.61 bits per heavy atom. The molecule has 0 aliphatic carbocycles. The van der Waals surface area contributed by atoms with Crippen LogP contribution in [-0.4, -0.2) is 41.9 Å². The van der Waals surface area contributed by atoms with E-state index in [2.05, 4.69) is 0 Å². The highest BCUT2D eigenvalue weighted by Crippen LogP contribution is 2.22. The van der Waals surface area contributed by atoms with Gasteiger partial charge in [0.05, 0.1) is 28.5 Å². The van der Waals surface area contributed by atoms with Gasteiger partial charge in [-0.05, 0) is 32.9 Å². The Hall–Kier alpha value is -1.20. The standard InChI is InChI=1S/C13H17NO3S/c1-8-7-17-9(2)6-14(8)13(16)12-5-4-11(18-12)10(3)15/h4-5,8-9H,6-7H2,1-3H3/t8-,9+/m1/s1. The molecule has 2 rings (SSSR count). The van der Waals surface area contributed by atoms with Gasteiger partial charge in [0.2, 0.25) is 0 Å². The van der Waals surface area contributed by atoms with Crippen LogP contribution in [0.25, 0.3) is 0 Å². The molecule has 5 heteroatoms. The van der Waals surface area contributed by atoms with Crippen molar-refractivity contribution in [3.8, 4) is 0 Å². The highest BCUT2D eigenvalue weighted by atomic mass is 32.1. The van der Waals surface area contributed by atoms with Crippen molar-refractivity contribution in [3.05, 3.63) is 21.9 Å². The number of rotatable bonds is 2. The molecule has 0 aromatic carbocycles. The first kappa shape index (κ1) is 13.2. The summed E-state index contributed by atoms with van der Waals surface area (Å²) in [5, 5.41) is 0. The fourth-order valence-electron chi connectivity index (χ4n) is 1.97. The minimum Gasteiger partial charge on any atom is -0.375 e. The van der Waals surface area contributed by atoms with Crippen molar-refractivity contribution in [2.75, 3.05) is 13.2 Å². The van der Waals surface area contributed by atoms with Gasteiger partial charge in [0.15, 0.2) is 5.78 Å². The second-order valence-corrected chi connectivity index (χ2v) is 5.75. The Morgan fingerprint density at radius 2 is 2.00 bits per heavy atom. The molecule has 0 saturated carbocycles. The van der Waals surface area contributed by atoms with Crippen LogP contribution in [0, 0.1) is 0 Å². The molecule has 0 spiro atoms. The Balaban J connectivity index is 2.16. The predicted molar refractivity (Wildman–Crippen MR) is 70.2 cm³/mol. The van der Waals surface area contributed by atoms with Crippen molar-refractivity contribution >= 4 is 23.0 Å². The molecule has 1 amide bonds. The van der Waals surface area contributed by atoms with Crippen molar-refractivity contribution in [2.24, 2.45) is 0 Å². The van der Waals surface area contributed by atoms with Crippen molar-refractivity contribution in [1.29, 1.82) is 0 Å². The summed E-state index contributed by atoms with van der Waals surface area (Å²) in [6, 6.07) is 3.53. The number of amides is 1. The molecule has 0 radical (unpaired) electrons. The van der Waals surface area contributed by atoms with Crippen LogP contribution in [0.1, 0.15) is 40.1 Å². The van der Waals surface area contributed by atoms with Crippen LogP contribution in [0.4, 0.5) is 0 Å². The van der Waals surface area contributed by atoms with Crippen LogP contribution in [0.3, 0.4) is 0 Å². The van der Waals surface area contributed by atoms with Gasteiger partial charge in [-0.1, -0.05) is 0 Å². The van der Waals surface area contributed by atoms with Crippen LogP contribution in [0.2, 0.25) is 0 Å². The van der Waals surface area contributed by atoms with Crippen molar-refractivity contribution in [3.63, 3.8) is 0 Å². The molecule has 2 heterocycles. The smallest absolute Gasteiger partial charge is 0.264 e. The van der Waals surface area contributed by atoms with Gasteiger partial charge in [-0.2, -0.15) is 0 Å². The van der Waals surface area contributed by atoms with E-state index in [9.17, 15) is 9.59 Å². The van der Waals surface area contributed by atoms with E-state index in [4.69, 9.17) is 4.74 Å². The van der Waals surface area contributed by atoms with E-state index in [-0.39, 0.29) is 23.8 Å². The highest BCUT2D eigenvalue weighted by molar-refractivity contribution is 7.15. The molecule has 0 unspecified atom stereocenters. The lowest BCUT2D eigenvalue weighted by atomic mass is 10.2. The molecule has 4 nitrogen and oxygen atoms in total. The van der Waals surface area contributed by atoms with Gasteiger partial charge in [-0.15, -0.1) is 11.3 Å². The van der Waals surface area contributed by atoms with Gasteiger partial charge in [0, 0.05) is 6.54 Å². The molecule has 1 aromatic rings. The molecule has 2 atom stereocenters. The lowest BCUT2D eigenvalue weighted by molar-refractivity contribution is -0.0385. The van der Waals surface area contributed by atoms with E-state index >= 15 is 0 Å². The number of hydrogen-bond acceptors (Lipinski definition) is 4. The quantitative estimate of drug-likeness (QED) is 0.772. The number of ketones is 1. The zero-order chi connectivity index (χ0) is 13.3. The number of carbonyl (C=O) groups excluding carboxylic acids is 2. The van der Waals surface area contributed by atoms with Crippen LogP contribution in [0.15, 0.2) is 12.1 Å². The molecular weight excluding hydrogens is 250 g/mol. The van der Waals surface area contributed by atoms with Gasteiger partial charge in [-0.25, -0.2) is 0 Å². The maximum absolute atomic E-state index is 12.4. The van der Waals surface area contributed by atoms with Gasteiger partial charge >= 0.3 is 0 Å². The largest absolute Gasteiger partial charge is 0.375 e. The third-order valence-corrected chi connectivity index (χ3v) is 4.21. The summed E-state index contributed by atoms with van der Waals surface area (Å²) in [6.07, 6.45) is 0.0670. The first-order valence-electron chi connectivity index (χ1n) is 6.02. The van der Waals surface area contributed by atoms with E-state index < -0.39 is 0 Å². The predicted octanol–water partition coefficient (Wildman–Crippen LogP) is 2.20. The number of hydrogen-bond donors (Lipinski definition) is 0. The molecule has 0 bridgehead atoms. The first-order valence-corrected chi connectivity index (χ1v) is 6.84. The van der Waals surface area contributed by atoms with E-state index in [0.717, 1.165) is 0 Å². The summed E-state index contributed by atoms with van der Waals surface area (Å²) in [7, 11) is 0. The number of Topliss-reactive ketones (excluding diaryl/α,β-unsaturated/α-hetero) is 1.